The predicted octanol–water partition coefficient (Wildman–Crippen LogP) is 4.25. The van der Waals surface area contributed by atoms with Crippen LogP contribution in [0.4, 0.5) is 5.69 Å². The Kier molecular flexibility index (Phi) is 4.60. The SMILES string of the molecule is CSc1ccc(NC(=O)C2COc3ccc(Cl)cc3C2)cc1. The van der Waals surface area contributed by atoms with Crippen LogP contribution in [0, 0.1) is 5.92 Å². The highest BCUT2D eigenvalue weighted by atomic mass is 35.5. The van der Waals surface area contributed by atoms with Gasteiger partial charge < -0.3 is 10.1 Å². The molecule has 22 heavy (non-hydrogen) atoms. The molecule has 114 valence electrons. The number of anilines is 1. The smallest absolute Gasteiger partial charge is 0.231 e. The van der Waals surface area contributed by atoms with Crippen molar-refractivity contribution in [2.45, 2.75) is 11.3 Å². The molecule has 1 amide bonds. The molecule has 0 saturated carbocycles. The minimum Gasteiger partial charge on any atom is -0.492 e. The van der Waals surface area contributed by atoms with Crippen molar-refractivity contribution in [1.82, 2.24) is 0 Å². The van der Waals surface area contributed by atoms with Gasteiger partial charge in [-0.15, -0.1) is 11.8 Å². The van der Waals surface area contributed by atoms with E-state index in [0.29, 0.717) is 18.1 Å². The van der Waals surface area contributed by atoms with Crippen molar-refractivity contribution in [3.8, 4) is 5.75 Å². The minimum atomic E-state index is -0.203. The number of rotatable bonds is 3. The van der Waals surface area contributed by atoms with Crippen LogP contribution in [0.2, 0.25) is 5.02 Å². The molecule has 0 fully saturated rings. The zero-order valence-corrected chi connectivity index (χ0v) is 13.7. The number of hydrogen-bond acceptors (Lipinski definition) is 3. The lowest BCUT2D eigenvalue weighted by Gasteiger charge is -2.24. The van der Waals surface area contributed by atoms with Gasteiger partial charge in [-0.3, -0.25) is 4.79 Å². The molecule has 0 aromatic heterocycles. The highest BCUT2D eigenvalue weighted by Crippen LogP contribution is 2.30. The number of carbonyl (C=O) groups is 1. The zero-order valence-electron chi connectivity index (χ0n) is 12.1. The number of amides is 1. The molecule has 0 radical (unpaired) electrons. The Morgan fingerprint density at radius 1 is 1.27 bits per heavy atom. The Hall–Kier alpha value is -1.65. The number of nitrogens with one attached hydrogen (secondary N) is 1. The maximum absolute atomic E-state index is 12.4. The molecule has 1 N–H and O–H groups in total. The first-order valence-corrected chi connectivity index (χ1v) is 8.62. The average Bonchev–Trinajstić information content (AvgIpc) is 2.54. The van der Waals surface area contributed by atoms with Crippen molar-refractivity contribution in [1.29, 1.82) is 0 Å². The van der Waals surface area contributed by atoms with Crippen LogP contribution < -0.4 is 10.1 Å². The van der Waals surface area contributed by atoms with E-state index in [1.807, 2.05) is 42.7 Å². The van der Waals surface area contributed by atoms with Gasteiger partial charge in [-0.1, -0.05) is 11.6 Å². The van der Waals surface area contributed by atoms with Crippen LogP contribution in [0.5, 0.6) is 5.75 Å². The summed E-state index contributed by atoms with van der Waals surface area (Å²) in [6.07, 6.45) is 2.67. The fourth-order valence-corrected chi connectivity index (χ4v) is 3.05. The molecule has 0 bridgehead atoms. The molecule has 1 unspecified atom stereocenters. The number of hydrogen-bond donors (Lipinski definition) is 1. The molecule has 3 rings (SSSR count). The summed E-state index contributed by atoms with van der Waals surface area (Å²) in [4.78, 5) is 13.6. The first-order valence-electron chi connectivity index (χ1n) is 7.02. The van der Waals surface area contributed by atoms with Gasteiger partial charge in [0, 0.05) is 15.6 Å². The second-order valence-electron chi connectivity index (χ2n) is 5.18. The fraction of sp³-hybridized carbons (Fsp3) is 0.235. The van der Waals surface area contributed by atoms with Gasteiger partial charge >= 0.3 is 0 Å². The van der Waals surface area contributed by atoms with Gasteiger partial charge in [0.25, 0.3) is 0 Å². The van der Waals surface area contributed by atoms with Crippen molar-refractivity contribution in [2.24, 2.45) is 5.92 Å². The predicted molar refractivity (Wildman–Crippen MR) is 91.0 cm³/mol. The van der Waals surface area contributed by atoms with Crippen LogP contribution in [0.25, 0.3) is 0 Å². The largest absolute Gasteiger partial charge is 0.492 e. The number of thioether (sulfide) groups is 1. The Balaban J connectivity index is 1.68. The molecule has 1 heterocycles. The molecular formula is C17H16ClNO2S. The van der Waals surface area contributed by atoms with Crippen LogP contribution in [-0.2, 0) is 11.2 Å². The van der Waals surface area contributed by atoms with Gasteiger partial charge in [-0.05, 0) is 60.7 Å². The van der Waals surface area contributed by atoms with Gasteiger partial charge in [0.05, 0.1) is 5.92 Å². The zero-order chi connectivity index (χ0) is 15.5. The number of ether oxygens (including phenoxy) is 1. The molecule has 0 saturated heterocycles. The lowest BCUT2D eigenvalue weighted by Crippen LogP contribution is -2.32. The second-order valence-corrected chi connectivity index (χ2v) is 6.50. The summed E-state index contributed by atoms with van der Waals surface area (Å²) in [7, 11) is 0. The monoisotopic (exact) mass is 333 g/mol. The Morgan fingerprint density at radius 3 is 2.77 bits per heavy atom. The van der Waals surface area contributed by atoms with Crippen molar-refractivity contribution >= 4 is 35.0 Å². The van der Waals surface area contributed by atoms with Gasteiger partial charge in [-0.25, -0.2) is 0 Å². The highest BCUT2D eigenvalue weighted by Gasteiger charge is 2.26. The van der Waals surface area contributed by atoms with E-state index in [2.05, 4.69) is 5.32 Å². The fourth-order valence-electron chi connectivity index (χ4n) is 2.45. The van der Waals surface area contributed by atoms with Crippen LogP contribution in [0.15, 0.2) is 47.4 Å². The van der Waals surface area contributed by atoms with E-state index in [1.165, 1.54) is 4.90 Å². The van der Waals surface area contributed by atoms with Crippen molar-refractivity contribution in [2.75, 3.05) is 18.2 Å². The maximum Gasteiger partial charge on any atom is 0.231 e. The Bertz CT molecular complexity index is 688. The third-order valence-electron chi connectivity index (χ3n) is 3.66. The minimum absolute atomic E-state index is 0.0254. The Morgan fingerprint density at radius 2 is 2.05 bits per heavy atom. The lowest BCUT2D eigenvalue weighted by atomic mass is 9.96. The molecule has 2 aromatic carbocycles. The maximum atomic E-state index is 12.4. The number of halogens is 1. The van der Waals surface area contributed by atoms with E-state index in [-0.39, 0.29) is 11.8 Å². The third kappa shape index (κ3) is 3.39. The summed E-state index contributed by atoms with van der Waals surface area (Å²) in [5.41, 5.74) is 1.79. The molecule has 3 nitrogen and oxygen atoms in total. The van der Waals surface area contributed by atoms with Gasteiger partial charge in [0.15, 0.2) is 0 Å². The van der Waals surface area contributed by atoms with Gasteiger partial charge in [0.1, 0.15) is 12.4 Å². The van der Waals surface area contributed by atoms with Crippen molar-refractivity contribution in [3.63, 3.8) is 0 Å². The molecule has 1 aliphatic rings. The van der Waals surface area contributed by atoms with E-state index < -0.39 is 0 Å². The number of carbonyl (C=O) groups excluding carboxylic acids is 1. The van der Waals surface area contributed by atoms with Gasteiger partial charge in [-0.2, -0.15) is 0 Å². The summed E-state index contributed by atoms with van der Waals surface area (Å²) < 4.78 is 5.66. The van der Waals surface area contributed by atoms with E-state index in [9.17, 15) is 4.79 Å². The molecule has 2 aromatic rings. The normalized spacial score (nSPS) is 16.5. The quantitative estimate of drug-likeness (QED) is 0.853. The average molecular weight is 334 g/mol. The van der Waals surface area contributed by atoms with Crippen LogP contribution in [-0.4, -0.2) is 18.8 Å². The summed E-state index contributed by atoms with van der Waals surface area (Å²) >= 11 is 7.68. The summed E-state index contributed by atoms with van der Waals surface area (Å²) in [6.45, 7) is 0.392. The van der Waals surface area contributed by atoms with E-state index in [1.54, 1.807) is 17.8 Å². The molecule has 1 aliphatic heterocycles. The van der Waals surface area contributed by atoms with Crippen molar-refractivity contribution < 1.29 is 9.53 Å². The highest BCUT2D eigenvalue weighted by molar-refractivity contribution is 7.98. The molecular weight excluding hydrogens is 318 g/mol. The number of benzene rings is 2. The van der Waals surface area contributed by atoms with Gasteiger partial charge in [0.2, 0.25) is 5.91 Å². The van der Waals surface area contributed by atoms with Crippen LogP contribution in [0.3, 0.4) is 0 Å². The summed E-state index contributed by atoms with van der Waals surface area (Å²) in [6, 6.07) is 13.3. The first-order chi connectivity index (χ1) is 10.7. The molecule has 0 spiro atoms. The van der Waals surface area contributed by atoms with E-state index >= 15 is 0 Å². The van der Waals surface area contributed by atoms with Crippen LogP contribution in [0.1, 0.15) is 5.56 Å². The topological polar surface area (TPSA) is 38.3 Å². The second kappa shape index (κ2) is 6.63. The summed E-state index contributed by atoms with van der Waals surface area (Å²) in [5, 5.41) is 3.61. The van der Waals surface area contributed by atoms with Crippen molar-refractivity contribution in [3.05, 3.63) is 53.1 Å². The lowest BCUT2D eigenvalue weighted by molar-refractivity contribution is -0.121. The summed E-state index contributed by atoms with van der Waals surface area (Å²) in [5.74, 6) is 0.589. The molecule has 1 atom stereocenters. The number of fused-ring (bicyclic) bond motifs is 1. The molecule has 0 aliphatic carbocycles. The standard InChI is InChI=1S/C17H16ClNO2S/c1-22-15-5-3-14(4-6-15)19-17(20)12-8-11-9-13(18)2-7-16(11)21-10-12/h2-7,9,12H,8,10H2,1H3,(H,19,20). The third-order valence-corrected chi connectivity index (χ3v) is 4.64. The van der Waals surface area contributed by atoms with E-state index in [0.717, 1.165) is 17.0 Å². The van der Waals surface area contributed by atoms with E-state index in [4.69, 9.17) is 16.3 Å². The Labute approximate surface area is 139 Å². The van der Waals surface area contributed by atoms with Crippen LogP contribution >= 0.6 is 23.4 Å². The molecule has 5 heteroatoms. The first kappa shape index (κ1) is 15.3.